The molecule has 0 saturated carbocycles. The Hall–Kier alpha value is -2.30. The number of allylic oxidation sites excluding steroid dienone is 4. The van der Waals surface area contributed by atoms with Gasteiger partial charge in [-0.1, -0.05) is 97.2 Å². The van der Waals surface area contributed by atoms with Gasteiger partial charge >= 0.3 is 0 Å². The zero-order valence-electron chi connectivity index (χ0n) is 15.3. The SMILES string of the molecule is C=CC(C)C1=C(C)SC(=C(C(=O)c2ccccc2)C(=O)c2ccccc2)S1. The average molecular weight is 393 g/mol. The number of hydrogen-bond donors (Lipinski definition) is 0. The largest absolute Gasteiger partial charge is 0.288 e. The summed E-state index contributed by atoms with van der Waals surface area (Å²) in [6.45, 7) is 7.96. The maximum Gasteiger partial charge on any atom is 0.198 e. The molecule has 0 spiro atoms. The molecule has 3 rings (SSSR count). The third kappa shape index (κ3) is 4.18. The molecule has 0 radical (unpaired) electrons. The molecule has 4 heteroatoms. The van der Waals surface area contributed by atoms with Crippen LogP contribution in [0.25, 0.3) is 0 Å². The Balaban J connectivity index is 2.08. The molecular weight excluding hydrogens is 372 g/mol. The van der Waals surface area contributed by atoms with Crippen LogP contribution in [0, 0.1) is 5.92 Å². The van der Waals surface area contributed by atoms with Crippen LogP contribution >= 0.6 is 23.5 Å². The molecule has 2 nitrogen and oxygen atoms in total. The topological polar surface area (TPSA) is 34.1 Å². The van der Waals surface area contributed by atoms with E-state index in [1.54, 1.807) is 24.3 Å². The van der Waals surface area contributed by atoms with Crippen LogP contribution in [0.3, 0.4) is 0 Å². The van der Waals surface area contributed by atoms with Crippen molar-refractivity contribution in [3.8, 4) is 0 Å². The van der Waals surface area contributed by atoms with E-state index in [1.807, 2.05) is 49.4 Å². The van der Waals surface area contributed by atoms with E-state index in [2.05, 4.69) is 13.5 Å². The van der Waals surface area contributed by atoms with Gasteiger partial charge in [-0.2, -0.15) is 0 Å². The summed E-state index contributed by atoms with van der Waals surface area (Å²) in [7, 11) is 0. The lowest BCUT2D eigenvalue weighted by molar-refractivity contribution is 0.0962. The highest BCUT2D eigenvalue weighted by Crippen LogP contribution is 2.53. The van der Waals surface area contributed by atoms with Gasteiger partial charge in [0.25, 0.3) is 0 Å². The fourth-order valence-corrected chi connectivity index (χ4v) is 5.59. The van der Waals surface area contributed by atoms with Gasteiger partial charge in [0.05, 0.1) is 9.81 Å². The van der Waals surface area contributed by atoms with Crippen molar-refractivity contribution in [1.82, 2.24) is 0 Å². The second-order valence-corrected chi connectivity index (χ2v) is 8.74. The molecule has 1 atom stereocenters. The summed E-state index contributed by atoms with van der Waals surface area (Å²) in [5, 5.41) is 0. The predicted molar refractivity (Wildman–Crippen MR) is 116 cm³/mol. The summed E-state index contributed by atoms with van der Waals surface area (Å²) in [5.74, 6) is -0.292. The van der Waals surface area contributed by atoms with Crippen LogP contribution in [0.15, 0.2) is 92.9 Å². The van der Waals surface area contributed by atoms with Crippen LogP contribution in [-0.4, -0.2) is 11.6 Å². The Morgan fingerprint density at radius 2 is 1.37 bits per heavy atom. The van der Waals surface area contributed by atoms with E-state index in [9.17, 15) is 9.59 Å². The summed E-state index contributed by atoms with van der Waals surface area (Å²) in [6, 6.07) is 18.0. The molecule has 1 aliphatic heterocycles. The molecule has 0 saturated heterocycles. The van der Waals surface area contributed by atoms with Gasteiger partial charge in [0.2, 0.25) is 0 Å². The summed E-state index contributed by atoms with van der Waals surface area (Å²) in [6.07, 6.45) is 1.88. The Morgan fingerprint density at radius 1 is 0.889 bits per heavy atom. The Labute approximate surface area is 168 Å². The number of rotatable bonds is 6. The Morgan fingerprint density at radius 3 is 1.81 bits per heavy atom. The molecule has 0 bridgehead atoms. The maximum atomic E-state index is 13.3. The predicted octanol–water partition coefficient (Wildman–Crippen LogP) is 6.50. The number of thioether (sulfide) groups is 2. The van der Waals surface area contributed by atoms with Crippen molar-refractivity contribution in [3.05, 3.63) is 104 Å². The van der Waals surface area contributed by atoms with Crippen LogP contribution in [0.1, 0.15) is 34.6 Å². The van der Waals surface area contributed by atoms with Crippen LogP contribution in [-0.2, 0) is 0 Å². The molecule has 1 aliphatic rings. The van der Waals surface area contributed by atoms with E-state index in [-0.39, 0.29) is 23.1 Å². The third-order valence-corrected chi connectivity index (χ3v) is 7.12. The summed E-state index contributed by atoms with van der Waals surface area (Å²) >= 11 is 3.02. The lowest BCUT2D eigenvalue weighted by atomic mass is 9.97. The maximum absolute atomic E-state index is 13.3. The van der Waals surface area contributed by atoms with Crippen LogP contribution in [0.2, 0.25) is 0 Å². The first-order valence-corrected chi connectivity index (χ1v) is 10.3. The van der Waals surface area contributed by atoms with Crippen molar-refractivity contribution in [2.45, 2.75) is 13.8 Å². The minimum Gasteiger partial charge on any atom is -0.288 e. The van der Waals surface area contributed by atoms with Gasteiger partial charge in [-0.25, -0.2) is 0 Å². The van der Waals surface area contributed by atoms with Gasteiger partial charge in [-0.15, -0.1) is 6.58 Å². The second-order valence-electron chi connectivity index (χ2n) is 6.20. The first-order valence-electron chi connectivity index (χ1n) is 8.65. The van der Waals surface area contributed by atoms with Crippen LogP contribution in [0.5, 0.6) is 0 Å². The summed E-state index contributed by atoms with van der Waals surface area (Å²) < 4.78 is 0.749. The highest BCUT2D eigenvalue weighted by atomic mass is 32.2. The van der Waals surface area contributed by atoms with E-state index in [0.717, 1.165) is 14.0 Å². The van der Waals surface area contributed by atoms with E-state index in [4.69, 9.17) is 0 Å². The molecule has 0 amide bonds. The van der Waals surface area contributed by atoms with Gasteiger partial charge in [-0.3, -0.25) is 9.59 Å². The van der Waals surface area contributed by atoms with E-state index < -0.39 is 0 Å². The zero-order chi connectivity index (χ0) is 19.4. The average Bonchev–Trinajstić information content (AvgIpc) is 3.09. The van der Waals surface area contributed by atoms with E-state index in [0.29, 0.717) is 11.1 Å². The highest BCUT2D eigenvalue weighted by molar-refractivity contribution is 8.28. The number of carbonyl (C=O) groups is 2. The monoisotopic (exact) mass is 392 g/mol. The molecule has 0 aliphatic carbocycles. The lowest BCUT2D eigenvalue weighted by Gasteiger charge is -2.11. The standard InChI is InChI=1S/C23H20O2S2/c1-4-15(2)22-16(3)26-23(27-22)19(20(24)17-11-7-5-8-12-17)21(25)18-13-9-6-10-14-18/h4-15H,1H2,2-3H3. The number of benzene rings is 2. The normalized spacial score (nSPS) is 14.8. The van der Waals surface area contributed by atoms with Gasteiger partial charge in [0.1, 0.15) is 0 Å². The lowest BCUT2D eigenvalue weighted by Crippen LogP contribution is -2.15. The summed E-state index contributed by atoms with van der Waals surface area (Å²) in [4.78, 5) is 28.8. The van der Waals surface area contributed by atoms with E-state index >= 15 is 0 Å². The van der Waals surface area contributed by atoms with Crippen molar-refractivity contribution < 1.29 is 9.59 Å². The molecule has 1 heterocycles. The van der Waals surface area contributed by atoms with Crippen LogP contribution in [0.4, 0.5) is 0 Å². The Bertz CT molecular complexity index is 887. The molecule has 27 heavy (non-hydrogen) atoms. The minimum absolute atomic E-state index is 0.180. The minimum atomic E-state index is -0.236. The molecule has 2 aromatic carbocycles. The number of carbonyl (C=O) groups excluding carboxylic acids is 2. The molecule has 2 aromatic rings. The first kappa shape index (κ1) is 19.5. The smallest absolute Gasteiger partial charge is 0.198 e. The van der Waals surface area contributed by atoms with Crippen molar-refractivity contribution in [2.24, 2.45) is 5.92 Å². The van der Waals surface area contributed by atoms with Gasteiger partial charge in [0, 0.05) is 21.9 Å². The van der Waals surface area contributed by atoms with Gasteiger partial charge in [0.15, 0.2) is 11.6 Å². The number of Topliss-reactive ketones (excluding diaryl/α,β-unsaturated/α-hetero) is 2. The molecule has 1 unspecified atom stereocenters. The third-order valence-electron chi connectivity index (χ3n) is 4.29. The van der Waals surface area contributed by atoms with Crippen molar-refractivity contribution in [1.29, 1.82) is 0 Å². The zero-order valence-corrected chi connectivity index (χ0v) is 16.9. The molecule has 0 N–H and O–H groups in total. The first-order chi connectivity index (χ1) is 13.0. The van der Waals surface area contributed by atoms with Gasteiger partial charge in [-0.05, 0) is 11.8 Å². The second kappa shape index (κ2) is 8.59. The number of ketones is 2. The highest BCUT2D eigenvalue weighted by Gasteiger charge is 2.31. The molecule has 0 fully saturated rings. The fraction of sp³-hybridized carbons (Fsp3) is 0.130. The van der Waals surface area contributed by atoms with Crippen molar-refractivity contribution in [2.75, 3.05) is 0 Å². The molecule has 136 valence electrons. The van der Waals surface area contributed by atoms with Crippen molar-refractivity contribution >= 4 is 35.1 Å². The number of hydrogen-bond acceptors (Lipinski definition) is 4. The fourth-order valence-electron chi connectivity index (χ4n) is 2.76. The van der Waals surface area contributed by atoms with Crippen molar-refractivity contribution in [3.63, 3.8) is 0 Å². The quantitative estimate of drug-likeness (QED) is 0.185. The molecular formula is C23H20O2S2. The van der Waals surface area contributed by atoms with Gasteiger partial charge < -0.3 is 0 Å². The Kier molecular flexibility index (Phi) is 6.19. The molecule has 0 aromatic heterocycles. The van der Waals surface area contributed by atoms with Crippen LogP contribution < -0.4 is 0 Å². The van der Waals surface area contributed by atoms with E-state index in [1.165, 1.54) is 23.5 Å². The summed E-state index contributed by atoms with van der Waals surface area (Å²) in [5.41, 5.74) is 1.29.